The molecule has 4 heteroatoms. The van der Waals surface area contributed by atoms with E-state index in [4.69, 9.17) is 16.3 Å². The molecule has 1 aromatic carbocycles. The molecule has 92 valence electrons. The summed E-state index contributed by atoms with van der Waals surface area (Å²) in [5, 5.41) is 3.58. The van der Waals surface area contributed by atoms with Crippen molar-refractivity contribution in [1.82, 2.24) is 5.32 Å². The van der Waals surface area contributed by atoms with E-state index < -0.39 is 6.04 Å². The molecule has 0 spiro atoms. The monoisotopic (exact) mass is 253 g/mol. The Morgan fingerprint density at radius 1 is 1.59 bits per heavy atom. The van der Waals surface area contributed by atoms with Crippen LogP contribution in [-0.2, 0) is 9.53 Å². The van der Waals surface area contributed by atoms with E-state index in [0.29, 0.717) is 18.2 Å². The van der Waals surface area contributed by atoms with Crippen molar-refractivity contribution in [2.45, 2.75) is 13.0 Å². The minimum absolute atomic E-state index is 0.331. The third kappa shape index (κ3) is 3.88. The summed E-state index contributed by atoms with van der Waals surface area (Å²) in [5.41, 5.74) is 0.717. The first-order valence-corrected chi connectivity index (χ1v) is 5.83. The van der Waals surface area contributed by atoms with E-state index in [-0.39, 0.29) is 5.97 Å². The molecule has 0 saturated carbocycles. The van der Waals surface area contributed by atoms with Crippen molar-refractivity contribution in [2.75, 3.05) is 13.2 Å². The molecule has 0 aliphatic rings. The summed E-state index contributed by atoms with van der Waals surface area (Å²) >= 11 is 6.07. The molecular formula is C13H16ClNO2. The zero-order valence-corrected chi connectivity index (χ0v) is 10.5. The van der Waals surface area contributed by atoms with Crippen molar-refractivity contribution >= 4 is 17.6 Å². The van der Waals surface area contributed by atoms with E-state index in [1.165, 1.54) is 0 Å². The van der Waals surface area contributed by atoms with E-state index in [9.17, 15) is 4.79 Å². The van der Waals surface area contributed by atoms with Gasteiger partial charge < -0.3 is 4.74 Å². The molecule has 0 aromatic heterocycles. The summed E-state index contributed by atoms with van der Waals surface area (Å²) in [6, 6.07) is 6.66. The van der Waals surface area contributed by atoms with Gasteiger partial charge in [-0.25, -0.2) is 4.79 Å². The standard InChI is InChI=1S/C13H16ClNO2/c1-3-9-15-12(13(16)17-4-2)10-7-5-6-8-11(10)14/h3,5-8,12,15H,1,4,9H2,2H3. The molecule has 0 radical (unpaired) electrons. The predicted octanol–water partition coefficient (Wildman–Crippen LogP) is 2.72. The Balaban J connectivity index is 2.93. The molecule has 1 unspecified atom stereocenters. The fourth-order valence-electron chi connectivity index (χ4n) is 1.46. The second-order valence-electron chi connectivity index (χ2n) is 3.40. The van der Waals surface area contributed by atoms with E-state index in [2.05, 4.69) is 11.9 Å². The summed E-state index contributed by atoms with van der Waals surface area (Å²) in [6.07, 6.45) is 1.68. The number of esters is 1. The smallest absolute Gasteiger partial charge is 0.327 e. The Hall–Kier alpha value is -1.32. The Morgan fingerprint density at radius 2 is 2.29 bits per heavy atom. The Bertz CT molecular complexity index is 393. The first kappa shape index (κ1) is 13.7. The van der Waals surface area contributed by atoms with Gasteiger partial charge in [0.25, 0.3) is 0 Å². The normalized spacial score (nSPS) is 11.9. The van der Waals surface area contributed by atoms with Crippen molar-refractivity contribution in [3.05, 3.63) is 47.5 Å². The quantitative estimate of drug-likeness (QED) is 0.626. The highest BCUT2D eigenvalue weighted by molar-refractivity contribution is 6.31. The molecule has 0 fully saturated rings. The molecule has 0 saturated heterocycles. The molecule has 0 aliphatic carbocycles. The van der Waals surface area contributed by atoms with Gasteiger partial charge in [0.05, 0.1) is 6.61 Å². The number of hydrogen-bond donors (Lipinski definition) is 1. The second-order valence-corrected chi connectivity index (χ2v) is 3.81. The van der Waals surface area contributed by atoms with Crippen molar-refractivity contribution in [2.24, 2.45) is 0 Å². The van der Waals surface area contributed by atoms with Crippen LogP contribution in [0.4, 0.5) is 0 Å². The van der Waals surface area contributed by atoms with Gasteiger partial charge in [0.1, 0.15) is 6.04 Å². The third-order valence-corrected chi connectivity index (χ3v) is 2.55. The summed E-state index contributed by atoms with van der Waals surface area (Å²) in [5.74, 6) is -0.331. The third-order valence-electron chi connectivity index (χ3n) is 2.20. The molecule has 0 amide bonds. The van der Waals surface area contributed by atoms with Gasteiger partial charge in [-0.2, -0.15) is 0 Å². The number of carbonyl (C=O) groups excluding carboxylic acids is 1. The lowest BCUT2D eigenvalue weighted by Crippen LogP contribution is -2.30. The number of ether oxygens (including phenoxy) is 1. The molecule has 1 aromatic rings. The summed E-state index contributed by atoms with van der Waals surface area (Å²) in [4.78, 5) is 11.8. The zero-order chi connectivity index (χ0) is 12.7. The SMILES string of the molecule is C=CCNC(C(=O)OCC)c1ccccc1Cl. The topological polar surface area (TPSA) is 38.3 Å². The van der Waals surface area contributed by atoms with Crippen LogP contribution >= 0.6 is 11.6 Å². The number of benzene rings is 1. The molecular weight excluding hydrogens is 238 g/mol. The zero-order valence-electron chi connectivity index (χ0n) is 9.78. The van der Waals surface area contributed by atoms with E-state index in [1.807, 2.05) is 12.1 Å². The van der Waals surface area contributed by atoms with Gasteiger partial charge >= 0.3 is 5.97 Å². The molecule has 3 nitrogen and oxygen atoms in total. The maximum absolute atomic E-state index is 11.8. The molecule has 0 heterocycles. The lowest BCUT2D eigenvalue weighted by Gasteiger charge is -2.17. The van der Waals surface area contributed by atoms with Crippen LogP contribution in [0.5, 0.6) is 0 Å². The van der Waals surface area contributed by atoms with Gasteiger partial charge in [0.2, 0.25) is 0 Å². The van der Waals surface area contributed by atoms with Crippen molar-refractivity contribution < 1.29 is 9.53 Å². The Kier molecular flexibility index (Phi) is 5.73. The van der Waals surface area contributed by atoms with Crippen LogP contribution in [0.15, 0.2) is 36.9 Å². The molecule has 0 bridgehead atoms. The van der Waals surface area contributed by atoms with Crippen LogP contribution in [0.3, 0.4) is 0 Å². The maximum atomic E-state index is 11.8. The van der Waals surface area contributed by atoms with Gasteiger partial charge in [-0.05, 0) is 18.6 Å². The minimum atomic E-state index is -0.554. The number of rotatable bonds is 6. The minimum Gasteiger partial charge on any atom is -0.465 e. The molecule has 0 aliphatic heterocycles. The fourth-order valence-corrected chi connectivity index (χ4v) is 1.70. The average Bonchev–Trinajstić information content (AvgIpc) is 2.32. The summed E-state index contributed by atoms with van der Waals surface area (Å²) < 4.78 is 5.02. The lowest BCUT2D eigenvalue weighted by molar-refractivity contribution is -0.145. The first-order valence-electron chi connectivity index (χ1n) is 5.46. The second kappa shape index (κ2) is 7.09. The van der Waals surface area contributed by atoms with Gasteiger partial charge in [-0.1, -0.05) is 35.9 Å². The summed E-state index contributed by atoms with van der Waals surface area (Å²) in [6.45, 7) is 6.23. The van der Waals surface area contributed by atoms with Crippen LogP contribution in [0.2, 0.25) is 5.02 Å². The van der Waals surface area contributed by atoms with Crippen molar-refractivity contribution in [1.29, 1.82) is 0 Å². The van der Waals surface area contributed by atoms with E-state index in [1.54, 1.807) is 25.1 Å². The van der Waals surface area contributed by atoms with Gasteiger partial charge in [-0.15, -0.1) is 6.58 Å². The summed E-state index contributed by atoms with van der Waals surface area (Å²) in [7, 11) is 0. The average molecular weight is 254 g/mol. The largest absolute Gasteiger partial charge is 0.465 e. The van der Waals surface area contributed by atoms with Crippen LogP contribution in [0, 0.1) is 0 Å². The predicted molar refractivity (Wildman–Crippen MR) is 69.0 cm³/mol. The maximum Gasteiger partial charge on any atom is 0.327 e. The van der Waals surface area contributed by atoms with Crippen LogP contribution in [0.1, 0.15) is 18.5 Å². The van der Waals surface area contributed by atoms with Crippen molar-refractivity contribution in [3.63, 3.8) is 0 Å². The van der Waals surface area contributed by atoms with E-state index >= 15 is 0 Å². The Morgan fingerprint density at radius 3 is 2.88 bits per heavy atom. The number of hydrogen-bond acceptors (Lipinski definition) is 3. The van der Waals surface area contributed by atoms with Crippen LogP contribution in [0.25, 0.3) is 0 Å². The fraction of sp³-hybridized carbons (Fsp3) is 0.308. The van der Waals surface area contributed by atoms with Crippen LogP contribution in [-0.4, -0.2) is 19.1 Å². The van der Waals surface area contributed by atoms with E-state index in [0.717, 1.165) is 5.56 Å². The van der Waals surface area contributed by atoms with Gasteiger partial charge in [0.15, 0.2) is 0 Å². The number of carbonyl (C=O) groups is 1. The lowest BCUT2D eigenvalue weighted by atomic mass is 10.1. The first-order chi connectivity index (χ1) is 8.20. The highest BCUT2D eigenvalue weighted by Crippen LogP contribution is 2.23. The Labute approximate surface area is 106 Å². The van der Waals surface area contributed by atoms with Gasteiger partial charge in [0, 0.05) is 11.6 Å². The molecule has 1 atom stereocenters. The number of nitrogens with one attached hydrogen (secondary N) is 1. The molecule has 1 rings (SSSR count). The van der Waals surface area contributed by atoms with Crippen molar-refractivity contribution in [3.8, 4) is 0 Å². The highest BCUT2D eigenvalue weighted by atomic mass is 35.5. The van der Waals surface area contributed by atoms with Crippen LogP contribution < -0.4 is 5.32 Å². The van der Waals surface area contributed by atoms with Gasteiger partial charge in [-0.3, -0.25) is 5.32 Å². The molecule has 1 N–H and O–H groups in total. The molecule has 17 heavy (non-hydrogen) atoms. The highest BCUT2D eigenvalue weighted by Gasteiger charge is 2.22. The number of halogens is 1.